The molecular weight excluding hydrogens is 239 g/mol. The van der Waals surface area contributed by atoms with Gasteiger partial charge in [-0.1, -0.05) is 11.8 Å². The summed E-state index contributed by atoms with van der Waals surface area (Å²) in [6.45, 7) is 2.63. The van der Waals surface area contributed by atoms with Crippen LogP contribution in [0.1, 0.15) is 6.92 Å². The van der Waals surface area contributed by atoms with Crippen molar-refractivity contribution in [3.63, 3.8) is 0 Å². The van der Waals surface area contributed by atoms with Crippen LogP contribution in [-0.4, -0.2) is 21.5 Å². The Morgan fingerprint density at radius 2 is 2.12 bits per heavy atom. The second-order valence-corrected chi connectivity index (χ2v) is 4.22. The van der Waals surface area contributed by atoms with Crippen LogP contribution in [0.5, 0.6) is 0 Å². The van der Waals surface area contributed by atoms with Crippen molar-refractivity contribution in [2.45, 2.75) is 16.8 Å². The normalized spacial score (nSPS) is 10.2. The van der Waals surface area contributed by atoms with Crippen molar-refractivity contribution in [2.75, 3.05) is 11.9 Å². The molecule has 2 rings (SSSR count). The number of hydrogen-bond donors (Lipinski definition) is 1. The molecule has 0 saturated heterocycles. The Hall–Kier alpha value is -1.69. The Morgan fingerprint density at radius 1 is 1.35 bits per heavy atom. The van der Waals surface area contributed by atoms with Crippen LogP contribution in [-0.2, 0) is 0 Å². The summed E-state index contributed by atoms with van der Waals surface area (Å²) in [5.41, 5.74) is 0. The maximum Gasteiger partial charge on any atom is 0.223 e. The summed E-state index contributed by atoms with van der Waals surface area (Å²) in [6, 6.07) is 3.61. The molecule has 0 spiro atoms. The van der Waals surface area contributed by atoms with Gasteiger partial charge in [-0.3, -0.25) is 4.98 Å². The highest BCUT2D eigenvalue weighted by atomic mass is 32.2. The lowest BCUT2D eigenvalue weighted by molar-refractivity contribution is 0.580. The van der Waals surface area contributed by atoms with Crippen molar-refractivity contribution < 1.29 is 4.39 Å². The zero-order valence-corrected chi connectivity index (χ0v) is 10.0. The predicted octanol–water partition coefficient (Wildman–Crippen LogP) is 2.59. The van der Waals surface area contributed by atoms with Gasteiger partial charge in [-0.05, 0) is 19.1 Å². The molecule has 0 bridgehead atoms. The van der Waals surface area contributed by atoms with Gasteiger partial charge in [-0.15, -0.1) is 0 Å². The zero-order chi connectivity index (χ0) is 12.1. The number of nitrogens with one attached hydrogen (secondary N) is 1. The van der Waals surface area contributed by atoms with Crippen molar-refractivity contribution in [2.24, 2.45) is 0 Å². The maximum absolute atomic E-state index is 13.5. The highest BCUT2D eigenvalue weighted by molar-refractivity contribution is 7.99. The van der Waals surface area contributed by atoms with Gasteiger partial charge in [-0.25, -0.2) is 14.4 Å². The average molecular weight is 250 g/mol. The maximum atomic E-state index is 13.5. The number of rotatable bonds is 4. The molecule has 0 unspecified atom stereocenters. The summed E-state index contributed by atoms with van der Waals surface area (Å²) in [5.74, 6) is 0.0129. The molecule has 0 saturated carbocycles. The minimum absolute atomic E-state index is 0.308. The molecule has 0 aliphatic heterocycles. The van der Waals surface area contributed by atoms with Crippen molar-refractivity contribution in [3.05, 3.63) is 36.5 Å². The second kappa shape index (κ2) is 5.58. The van der Waals surface area contributed by atoms with E-state index in [0.717, 1.165) is 4.90 Å². The average Bonchev–Trinajstić information content (AvgIpc) is 2.35. The van der Waals surface area contributed by atoms with E-state index in [9.17, 15) is 4.39 Å². The Labute approximate surface area is 103 Å². The number of anilines is 1. The Balaban J connectivity index is 2.22. The number of hydrogen-bond acceptors (Lipinski definition) is 5. The standard InChI is InChI=1S/C11H11FN4S/c1-2-14-11-15-7-9(12)10(16-11)17-8-3-5-13-6-4-8/h3-7H,2H2,1H3,(H,14,15,16). The topological polar surface area (TPSA) is 50.7 Å². The van der Waals surface area contributed by atoms with Gasteiger partial charge in [0.2, 0.25) is 5.95 Å². The fraction of sp³-hybridized carbons (Fsp3) is 0.182. The Kier molecular flexibility index (Phi) is 3.87. The first-order valence-electron chi connectivity index (χ1n) is 5.14. The summed E-state index contributed by atoms with van der Waals surface area (Å²) in [4.78, 5) is 12.7. The summed E-state index contributed by atoms with van der Waals surface area (Å²) in [6.07, 6.45) is 4.49. The monoisotopic (exact) mass is 250 g/mol. The summed E-state index contributed by atoms with van der Waals surface area (Å²) in [7, 11) is 0. The molecule has 0 amide bonds. The SMILES string of the molecule is CCNc1ncc(F)c(Sc2ccncc2)n1. The van der Waals surface area contributed by atoms with Crippen LogP contribution in [0.25, 0.3) is 0 Å². The lowest BCUT2D eigenvalue weighted by Crippen LogP contribution is -2.03. The van der Waals surface area contributed by atoms with Gasteiger partial charge in [0.15, 0.2) is 5.82 Å². The molecule has 4 nitrogen and oxygen atoms in total. The molecular formula is C11H11FN4S. The molecule has 0 aromatic carbocycles. The van der Waals surface area contributed by atoms with Crippen molar-refractivity contribution in [1.29, 1.82) is 0 Å². The molecule has 0 fully saturated rings. The van der Waals surface area contributed by atoms with Gasteiger partial charge in [0.05, 0.1) is 6.20 Å². The van der Waals surface area contributed by atoms with Crippen LogP contribution < -0.4 is 5.32 Å². The molecule has 1 N–H and O–H groups in total. The van der Waals surface area contributed by atoms with Crippen LogP contribution in [0, 0.1) is 5.82 Å². The quantitative estimate of drug-likeness (QED) is 0.845. The molecule has 6 heteroatoms. The first-order chi connectivity index (χ1) is 8.29. The van der Waals surface area contributed by atoms with Crippen molar-refractivity contribution in [3.8, 4) is 0 Å². The molecule has 17 heavy (non-hydrogen) atoms. The van der Waals surface area contributed by atoms with E-state index < -0.39 is 5.82 Å². The minimum atomic E-state index is -0.423. The Bertz CT molecular complexity index is 492. The van der Waals surface area contributed by atoms with E-state index in [1.807, 2.05) is 6.92 Å². The third-order valence-corrected chi connectivity index (χ3v) is 2.90. The highest BCUT2D eigenvalue weighted by Gasteiger charge is 2.08. The minimum Gasteiger partial charge on any atom is -0.354 e. The summed E-state index contributed by atoms with van der Waals surface area (Å²) < 4.78 is 13.5. The Morgan fingerprint density at radius 3 is 2.82 bits per heavy atom. The highest BCUT2D eigenvalue weighted by Crippen LogP contribution is 2.27. The van der Waals surface area contributed by atoms with E-state index in [-0.39, 0.29) is 0 Å². The predicted molar refractivity (Wildman–Crippen MR) is 64.5 cm³/mol. The number of nitrogens with zero attached hydrogens (tertiary/aromatic N) is 3. The smallest absolute Gasteiger partial charge is 0.223 e. The third-order valence-electron chi connectivity index (χ3n) is 1.91. The van der Waals surface area contributed by atoms with Crippen LogP contribution in [0.3, 0.4) is 0 Å². The molecule has 2 aromatic heterocycles. The summed E-state index contributed by atoms with van der Waals surface area (Å²) in [5, 5.41) is 3.25. The van der Waals surface area contributed by atoms with E-state index in [2.05, 4.69) is 20.3 Å². The van der Waals surface area contributed by atoms with E-state index in [4.69, 9.17) is 0 Å². The van der Waals surface area contributed by atoms with Gasteiger partial charge < -0.3 is 5.32 Å². The van der Waals surface area contributed by atoms with Gasteiger partial charge in [0, 0.05) is 23.8 Å². The van der Waals surface area contributed by atoms with Crippen LogP contribution in [0.2, 0.25) is 0 Å². The number of halogens is 1. The number of pyridine rings is 1. The van der Waals surface area contributed by atoms with E-state index in [1.54, 1.807) is 24.5 Å². The molecule has 88 valence electrons. The van der Waals surface area contributed by atoms with Crippen LogP contribution in [0.4, 0.5) is 10.3 Å². The number of aromatic nitrogens is 3. The molecule has 0 atom stereocenters. The van der Waals surface area contributed by atoms with E-state index in [1.165, 1.54) is 18.0 Å². The first kappa shape index (κ1) is 11.8. The zero-order valence-electron chi connectivity index (χ0n) is 9.22. The van der Waals surface area contributed by atoms with Gasteiger partial charge in [0.25, 0.3) is 0 Å². The first-order valence-corrected chi connectivity index (χ1v) is 5.95. The fourth-order valence-electron chi connectivity index (χ4n) is 1.18. The lowest BCUT2D eigenvalue weighted by Gasteiger charge is -2.05. The molecule has 2 heterocycles. The third kappa shape index (κ3) is 3.13. The molecule has 0 radical (unpaired) electrons. The molecule has 0 aliphatic rings. The largest absolute Gasteiger partial charge is 0.354 e. The van der Waals surface area contributed by atoms with Crippen molar-refractivity contribution >= 4 is 17.7 Å². The van der Waals surface area contributed by atoms with Gasteiger partial charge in [-0.2, -0.15) is 0 Å². The van der Waals surface area contributed by atoms with E-state index >= 15 is 0 Å². The second-order valence-electron chi connectivity index (χ2n) is 3.16. The van der Waals surface area contributed by atoms with Crippen LogP contribution in [0.15, 0.2) is 40.6 Å². The van der Waals surface area contributed by atoms with Gasteiger partial charge in [0.1, 0.15) is 5.03 Å². The molecule has 2 aromatic rings. The summed E-state index contributed by atoms with van der Waals surface area (Å²) >= 11 is 1.25. The fourth-order valence-corrected chi connectivity index (χ4v) is 1.95. The lowest BCUT2D eigenvalue weighted by atomic mass is 10.5. The van der Waals surface area contributed by atoms with E-state index in [0.29, 0.717) is 17.5 Å². The molecule has 0 aliphatic carbocycles. The van der Waals surface area contributed by atoms with Crippen molar-refractivity contribution in [1.82, 2.24) is 15.0 Å². The van der Waals surface area contributed by atoms with Gasteiger partial charge >= 0.3 is 0 Å². The van der Waals surface area contributed by atoms with Crippen LogP contribution >= 0.6 is 11.8 Å².